The highest BCUT2D eigenvalue weighted by Crippen LogP contribution is 2.29. The van der Waals surface area contributed by atoms with Gasteiger partial charge in [-0.3, -0.25) is 14.9 Å². The lowest BCUT2D eigenvalue weighted by molar-refractivity contribution is 0.0951. The largest absolute Gasteiger partial charge is 0.493 e. The third kappa shape index (κ3) is 4.87. The Bertz CT molecular complexity index is 1260. The van der Waals surface area contributed by atoms with Crippen molar-refractivity contribution in [2.45, 2.75) is 20.4 Å². The third-order valence-corrected chi connectivity index (χ3v) is 5.38. The van der Waals surface area contributed by atoms with E-state index in [1.807, 2.05) is 38.1 Å². The van der Waals surface area contributed by atoms with Crippen molar-refractivity contribution < 1.29 is 14.3 Å². The van der Waals surface area contributed by atoms with Crippen molar-refractivity contribution in [3.63, 3.8) is 0 Å². The Morgan fingerprint density at radius 2 is 1.70 bits per heavy atom. The zero-order valence-corrected chi connectivity index (χ0v) is 19.1. The first kappa shape index (κ1) is 22.1. The predicted octanol–water partition coefficient (Wildman–Crippen LogP) is 4.70. The number of ether oxygens (including phenoxy) is 2. The summed E-state index contributed by atoms with van der Waals surface area (Å²) in [5.74, 6) is 1.06. The molecule has 7 nitrogen and oxygen atoms in total. The number of amides is 1. The van der Waals surface area contributed by atoms with Gasteiger partial charge in [0.15, 0.2) is 11.5 Å². The van der Waals surface area contributed by atoms with Crippen LogP contribution in [0.25, 0.3) is 22.4 Å². The summed E-state index contributed by atoms with van der Waals surface area (Å²) in [4.78, 5) is 17.9. The van der Waals surface area contributed by atoms with Gasteiger partial charge in [0, 0.05) is 35.6 Å². The van der Waals surface area contributed by atoms with E-state index in [2.05, 4.69) is 38.7 Å². The van der Waals surface area contributed by atoms with Crippen molar-refractivity contribution in [3.8, 4) is 33.9 Å². The van der Waals surface area contributed by atoms with E-state index in [1.54, 1.807) is 32.8 Å². The van der Waals surface area contributed by atoms with Gasteiger partial charge in [-0.2, -0.15) is 5.10 Å². The molecular formula is C26H26N4O3. The number of carbonyl (C=O) groups excluding carboxylic acids is 1. The minimum absolute atomic E-state index is 0.200. The van der Waals surface area contributed by atoms with Gasteiger partial charge >= 0.3 is 0 Å². The molecule has 7 heteroatoms. The summed E-state index contributed by atoms with van der Waals surface area (Å²) in [5.41, 5.74) is 6.93. The molecule has 0 radical (unpaired) electrons. The summed E-state index contributed by atoms with van der Waals surface area (Å²) in [6.45, 7) is 4.44. The van der Waals surface area contributed by atoms with Crippen LogP contribution in [-0.4, -0.2) is 35.3 Å². The number of methoxy groups -OCH3 is 2. The molecule has 2 N–H and O–H groups in total. The molecular weight excluding hydrogens is 416 g/mol. The second kappa shape index (κ2) is 9.56. The van der Waals surface area contributed by atoms with Gasteiger partial charge in [-0.25, -0.2) is 0 Å². The highest BCUT2D eigenvalue weighted by atomic mass is 16.5. The number of nitrogens with one attached hydrogen (secondary N) is 2. The first-order valence-corrected chi connectivity index (χ1v) is 10.6. The highest BCUT2D eigenvalue weighted by molar-refractivity contribution is 6.01. The van der Waals surface area contributed by atoms with E-state index >= 15 is 0 Å². The Hall–Kier alpha value is -4.13. The lowest BCUT2D eigenvalue weighted by Gasteiger charge is -2.13. The van der Waals surface area contributed by atoms with Crippen LogP contribution in [0.5, 0.6) is 11.5 Å². The standard InChI is InChI=1S/C26H26N4O3/c1-16-7-17(2)9-19(8-16)23-11-21(22(15-27-23)20-13-29-30-14-20)26(31)28-12-18-5-6-24(32-3)25(10-18)33-4/h5-11,13-15H,12H2,1-4H3,(H,28,31)(H,29,30). The molecule has 0 aliphatic carbocycles. The van der Waals surface area contributed by atoms with Gasteiger partial charge in [0.25, 0.3) is 5.91 Å². The van der Waals surface area contributed by atoms with Crippen LogP contribution in [-0.2, 0) is 6.54 Å². The molecule has 0 aliphatic heterocycles. The average Bonchev–Trinajstić information content (AvgIpc) is 3.36. The first-order valence-electron chi connectivity index (χ1n) is 10.6. The molecule has 0 saturated heterocycles. The third-order valence-electron chi connectivity index (χ3n) is 5.38. The van der Waals surface area contributed by atoms with Gasteiger partial charge < -0.3 is 14.8 Å². The summed E-state index contributed by atoms with van der Waals surface area (Å²) in [6, 6.07) is 13.6. The fourth-order valence-electron chi connectivity index (χ4n) is 3.82. The first-order chi connectivity index (χ1) is 16.0. The summed E-state index contributed by atoms with van der Waals surface area (Å²) in [6.07, 6.45) is 5.15. The van der Waals surface area contributed by atoms with E-state index in [9.17, 15) is 4.79 Å². The molecule has 0 spiro atoms. The number of H-pyrrole nitrogens is 1. The van der Waals surface area contributed by atoms with E-state index in [4.69, 9.17) is 9.47 Å². The zero-order chi connectivity index (χ0) is 23.4. The predicted molar refractivity (Wildman–Crippen MR) is 127 cm³/mol. The molecule has 4 aromatic rings. The van der Waals surface area contributed by atoms with Crippen LogP contribution in [0.2, 0.25) is 0 Å². The number of carbonyl (C=O) groups is 1. The molecule has 33 heavy (non-hydrogen) atoms. The van der Waals surface area contributed by atoms with Crippen LogP contribution in [0.3, 0.4) is 0 Å². The number of hydrogen-bond acceptors (Lipinski definition) is 5. The Labute approximate surface area is 192 Å². The molecule has 2 heterocycles. The Morgan fingerprint density at radius 3 is 2.36 bits per heavy atom. The normalized spacial score (nSPS) is 10.7. The Balaban J connectivity index is 1.66. The molecule has 4 rings (SSSR count). The Morgan fingerprint density at radius 1 is 0.939 bits per heavy atom. The molecule has 0 atom stereocenters. The molecule has 0 unspecified atom stereocenters. The fraction of sp³-hybridized carbons (Fsp3) is 0.192. The number of nitrogens with zero attached hydrogens (tertiary/aromatic N) is 2. The van der Waals surface area contributed by atoms with E-state index in [1.165, 1.54) is 0 Å². The van der Waals surface area contributed by atoms with Crippen molar-refractivity contribution in [2.24, 2.45) is 0 Å². The zero-order valence-electron chi connectivity index (χ0n) is 19.1. The van der Waals surface area contributed by atoms with E-state index in [-0.39, 0.29) is 5.91 Å². The van der Waals surface area contributed by atoms with Crippen molar-refractivity contribution in [3.05, 3.63) is 83.3 Å². The Kier molecular flexibility index (Phi) is 6.40. The molecule has 0 fully saturated rings. The summed E-state index contributed by atoms with van der Waals surface area (Å²) >= 11 is 0. The summed E-state index contributed by atoms with van der Waals surface area (Å²) in [5, 5.41) is 9.84. The molecule has 2 aromatic heterocycles. The van der Waals surface area contributed by atoms with Crippen LogP contribution < -0.4 is 14.8 Å². The van der Waals surface area contributed by atoms with Crippen molar-refractivity contribution in [2.75, 3.05) is 14.2 Å². The summed E-state index contributed by atoms with van der Waals surface area (Å²) < 4.78 is 10.7. The molecule has 2 aromatic carbocycles. The maximum atomic E-state index is 13.3. The molecule has 168 valence electrons. The lowest BCUT2D eigenvalue weighted by Crippen LogP contribution is -2.23. The molecule has 0 bridgehead atoms. The van der Waals surface area contributed by atoms with Crippen LogP contribution in [0.4, 0.5) is 0 Å². The van der Waals surface area contributed by atoms with E-state index < -0.39 is 0 Å². The van der Waals surface area contributed by atoms with Gasteiger partial charge in [0.05, 0.1) is 31.7 Å². The minimum atomic E-state index is -0.200. The fourth-order valence-corrected chi connectivity index (χ4v) is 3.82. The summed E-state index contributed by atoms with van der Waals surface area (Å²) in [7, 11) is 3.18. The van der Waals surface area contributed by atoms with Gasteiger partial charge in [-0.05, 0) is 49.7 Å². The quantitative estimate of drug-likeness (QED) is 0.433. The topological polar surface area (TPSA) is 89.1 Å². The number of aryl methyl sites for hydroxylation is 2. The van der Waals surface area contributed by atoms with Crippen LogP contribution in [0, 0.1) is 13.8 Å². The van der Waals surface area contributed by atoms with E-state index in [0.29, 0.717) is 29.2 Å². The number of aromatic amines is 1. The number of pyridine rings is 1. The second-order valence-electron chi connectivity index (χ2n) is 7.85. The number of rotatable bonds is 7. The number of benzene rings is 2. The van der Waals surface area contributed by atoms with Gasteiger partial charge in [0.1, 0.15) is 0 Å². The van der Waals surface area contributed by atoms with Crippen molar-refractivity contribution in [1.82, 2.24) is 20.5 Å². The van der Waals surface area contributed by atoms with Crippen LogP contribution >= 0.6 is 0 Å². The maximum Gasteiger partial charge on any atom is 0.252 e. The second-order valence-corrected chi connectivity index (χ2v) is 7.85. The SMILES string of the molecule is COc1ccc(CNC(=O)c2cc(-c3cc(C)cc(C)c3)ncc2-c2cn[nH]c2)cc1OC. The monoisotopic (exact) mass is 442 g/mol. The van der Waals surface area contributed by atoms with Gasteiger partial charge in [0.2, 0.25) is 0 Å². The average molecular weight is 443 g/mol. The smallest absolute Gasteiger partial charge is 0.252 e. The van der Waals surface area contributed by atoms with Crippen molar-refractivity contribution >= 4 is 5.91 Å². The van der Waals surface area contributed by atoms with Crippen LogP contribution in [0.15, 0.2) is 61.1 Å². The highest BCUT2D eigenvalue weighted by Gasteiger charge is 2.17. The molecule has 1 amide bonds. The molecule has 0 aliphatic rings. The minimum Gasteiger partial charge on any atom is -0.493 e. The number of hydrogen-bond donors (Lipinski definition) is 2. The number of aromatic nitrogens is 3. The van der Waals surface area contributed by atoms with E-state index in [0.717, 1.165) is 33.5 Å². The lowest BCUT2D eigenvalue weighted by atomic mass is 9.99. The molecule has 0 saturated carbocycles. The van der Waals surface area contributed by atoms with Crippen LogP contribution in [0.1, 0.15) is 27.0 Å². The van der Waals surface area contributed by atoms with Crippen molar-refractivity contribution in [1.29, 1.82) is 0 Å². The van der Waals surface area contributed by atoms with Gasteiger partial charge in [-0.1, -0.05) is 23.3 Å². The maximum absolute atomic E-state index is 13.3. The van der Waals surface area contributed by atoms with Gasteiger partial charge in [-0.15, -0.1) is 0 Å².